The fraction of sp³-hybridized carbons (Fsp3) is 0.250. The van der Waals surface area contributed by atoms with E-state index in [-0.39, 0.29) is 17.5 Å². The number of carbonyl (C=O) groups is 1. The van der Waals surface area contributed by atoms with Crippen molar-refractivity contribution in [1.82, 2.24) is 10.3 Å². The van der Waals surface area contributed by atoms with Gasteiger partial charge in [-0.15, -0.1) is 0 Å². The second kappa shape index (κ2) is 10.5. The Hall–Kier alpha value is -3.25. The van der Waals surface area contributed by atoms with E-state index in [1.54, 1.807) is 30.3 Å². The van der Waals surface area contributed by atoms with Crippen molar-refractivity contribution >= 4 is 11.6 Å². The maximum Gasteiger partial charge on any atom is 0.257 e. The van der Waals surface area contributed by atoms with Gasteiger partial charge in [0.2, 0.25) is 5.88 Å². The Labute approximate surface area is 176 Å². The highest BCUT2D eigenvalue weighted by atomic mass is 19.1. The van der Waals surface area contributed by atoms with Crippen molar-refractivity contribution in [2.75, 3.05) is 11.9 Å². The van der Waals surface area contributed by atoms with Crippen molar-refractivity contribution in [3.8, 4) is 11.6 Å². The van der Waals surface area contributed by atoms with E-state index in [1.807, 2.05) is 24.3 Å². The lowest BCUT2D eigenvalue weighted by Crippen LogP contribution is -2.16. The van der Waals surface area contributed by atoms with Crippen LogP contribution < -0.4 is 15.4 Å². The molecule has 2 aromatic carbocycles. The number of hydrogen-bond donors (Lipinski definition) is 2. The van der Waals surface area contributed by atoms with Gasteiger partial charge in [-0.3, -0.25) is 4.79 Å². The molecule has 0 spiro atoms. The van der Waals surface area contributed by atoms with Gasteiger partial charge in [-0.2, -0.15) is 0 Å². The van der Waals surface area contributed by atoms with Crippen molar-refractivity contribution in [1.29, 1.82) is 0 Å². The van der Waals surface area contributed by atoms with Crippen LogP contribution in [0, 0.1) is 11.7 Å². The van der Waals surface area contributed by atoms with Crippen LogP contribution >= 0.6 is 0 Å². The maximum absolute atomic E-state index is 14.4. The summed E-state index contributed by atoms with van der Waals surface area (Å²) in [7, 11) is 0. The summed E-state index contributed by atoms with van der Waals surface area (Å²) in [6.45, 7) is 5.84. The fourth-order valence-corrected chi connectivity index (χ4v) is 2.77. The topological polar surface area (TPSA) is 63.2 Å². The van der Waals surface area contributed by atoms with Gasteiger partial charge in [-0.05, 0) is 54.8 Å². The van der Waals surface area contributed by atoms with Crippen molar-refractivity contribution in [2.24, 2.45) is 5.92 Å². The Morgan fingerprint density at radius 2 is 1.90 bits per heavy atom. The van der Waals surface area contributed by atoms with E-state index < -0.39 is 5.82 Å². The summed E-state index contributed by atoms with van der Waals surface area (Å²) >= 11 is 0. The molecule has 156 valence electrons. The number of aromatic nitrogens is 1. The van der Waals surface area contributed by atoms with Gasteiger partial charge in [0.25, 0.3) is 5.91 Å². The molecule has 6 heteroatoms. The minimum absolute atomic E-state index is 0.0925. The van der Waals surface area contributed by atoms with Crippen LogP contribution in [0.15, 0.2) is 66.9 Å². The average molecular weight is 407 g/mol. The highest BCUT2D eigenvalue weighted by molar-refractivity contribution is 6.04. The van der Waals surface area contributed by atoms with Gasteiger partial charge in [-0.25, -0.2) is 9.37 Å². The largest absolute Gasteiger partial charge is 0.436 e. The summed E-state index contributed by atoms with van der Waals surface area (Å²) in [6, 6.07) is 17.2. The fourth-order valence-electron chi connectivity index (χ4n) is 2.77. The molecule has 0 bridgehead atoms. The number of anilines is 1. The first kappa shape index (κ1) is 21.5. The SMILES string of the molecule is CC(C)CCNCc1ccc(Oc2ccc(C(=O)Nc3ccccc3)cn2)c(F)c1. The quantitative estimate of drug-likeness (QED) is 0.466. The van der Waals surface area contributed by atoms with Crippen molar-refractivity contribution in [2.45, 2.75) is 26.8 Å². The molecule has 0 atom stereocenters. The highest BCUT2D eigenvalue weighted by Gasteiger charge is 2.10. The molecule has 1 aromatic heterocycles. The molecule has 1 amide bonds. The molecule has 0 radical (unpaired) electrons. The molecule has 0 aliphatic carbocycles. The Morgan fingerprint density at radius 3 is 2.57 bits per heavy atom. The number of benzene rings is 2. The van der Waals surface area contributed by atoms with Gasteiger partial charge in [0, 0.05) is 24.5 Å². The molecule has 3 rings (SSSR count). The standard InChI is InChI=1S/C24H26FN3O2/c1-17(2)12-13-26-15-18-8-10-22(21(25)14-18)30-23-11-9-19(16-27-23)24(29)28-20-6-4-3-5-7-20/h3-11,14,16-17,26H,12-13,15H2,1-2H3,(H,28,29). The summed E-state index contributed by atoms with van der Waals surface area (Å²) in [4.78, 5) is 16.4. The minimum Gasteiger partial charge on any atom is -0.436 e. The molecule has 0 saturated carbocycles. The molecular formula is C24H26FN3O2. The van der Waals surface area contributed by atoms with Gasteiger partial charge in [0.05, 0.1) is 5.56 Å². The number of para-hydroxylation sites is 1. The first-order valence-electron chi connectivity index (χ1n) is 10.0. The predicted molar refractivity (Wildman–Crippen MR) is 116 cm³/mol. The van der Waals surface area contributed by atoms with Crippen LogP contribution in [-0.2, 0) is 6.54 Å². The van der Waals surface area contributed by atoms with Crippen LogP contribution in [0.2, 0.25) is 0 Å². The van der Waals surface area contributed by atoms with Crippen LogP contribution in [0.1, 0.15) is 36.2 Å². The lowest BCUT2D eigenvalue weighted by molar-refractivity contribution is 0.102. The number of hydrogen-bond acceptors (Lipinski definition) is 4. The molecule has 0 unspecified atom stereocenters. The molecule has 0 aliphatic heterocycles. The Balaban J connectivity index is 1.56. The van der Waals surface area contributed by atoms with Crippen LogP contribution in [0.3, 0.4) is 0 Å². The second-order valence-corrected chi connectivity index (χ2v) is 7.43. The lowest BCUT2D eigenvalue weighted by atomic mass is 10.1. The second-order valence-electron chi connectivity index (χ2n) is 7.43. The number of ether oxygens (including phenoxy) is 1. The summed E-state index contributed by atoms with van der Waals surface area (Å²) in [5.74, 6) is 0.211. The van der Waals surface area contributed by atoms with Gasteiger partial charge in [-0.1, -0.05) is 38.1 Å². The number of rotatable bonds is 9. The first-order chi connectivity index (χ1) is 14.5. The zero-order chi connectivity index (χ0) is 21.3. The van der Waals surface area contributed by atoms with Crippen LogP contribution in [0.4, 0.5) is 10.1 Å². The molecular weight excluding hydrogens is 381 g/mol. The van der Waals surface area contributed by atoms with Gasteiger partial charge < -0.3 is 15.4 Å². The number of halogens is 1. The van der Waals surface area contributed by atoms with Crippen LogP contribution in [0.25, 0.3) is 0 Å². The smallest absolute Gasteiger partial charge is 0.257 e. The van der Waals surface area contributed by atoms with E-state index >= 15 is 0 Å². The van der Waals surface area contributed by atoms with E-state index in [2.05, 4.69) is 29.5 Å². The average Bonchev–Trinajstić information content (AvgIpc) is 2.74. The number of nitrogens with one attached hydrogen (secondary N) is 2. The van der Waals surface area contributed by atoms with Crippen molar-refractivity contribution in [3.05, 3.63) is 83.8 Å². The predicted octanol–water partition coefficient (Wildman–Crippen LogP) is 5.40. The number of pyridine rings is 1. The third-order valence-electron chi connectivity index (χ3n) is 4.47. The Morgan fingerprint density at radius 1 is 1.10 bits per heavy atom. The van der Waals surface area contributed by atoms with E-state index in [0.717, 1.165) is 18.5 Å². The van der Waals surface area contributed by atoms with Crippen LogP contribution in [-0.4, -0.2) is 17.4 Å². The Kier molecular flexibility index (Phi) is 7.51. The van der Waals surface area contributed by atoms with E-state index in [0.29, 0.717) is 23.7 Å². The van der Waals surface area contributed by atoms with E-state index in [9.17, 15) is 9.18 Å². The minimum atomic E-state index is -0.453. The molecule has 30 heavy (non-hydrogen) atoms. The number of carbonyl (C=O) groups excluding carboxylic acids is 1. The van der Waals surface area contributed by atoms with Crippen LogP contribution in [0.5, 0.6) is 11.6 Å². The highest BCUT2D eigenvalue weighted by Crippen LogP contribution is 2.24. The summed E-state index contributed by atoms with van der Waals surface area (Å²) in [5.41, 5.74) is 1.93. The summed E-state index contributed by atoms with van der Waals surface area (Å²) in [6.07, 6.45) is 2.48. The third-order valence-corrected chi connectivity index (χ3v) is 4.47. The van der Waals surface area contributed by atoms with Gasteiger partial charge >= 0.3 is 0 Å². The van der Waals surface area contributed by atoms with E-state index in [4.69, 9.17) is 4.74 Å². The zero-order valence-corrected chi connectivity index (χ0v) is 17.2. The van der Waals surface area contributed by atoms with Crippen molar-refractivity contribution < 1.29 is 13.9 Å². The molecule has 5 nitrogen and oxygen atoms in total. The summed E-state index contributed by atoms with van der Waals surface area (Å²) in [5, 5.41) is 6.09. The summed E-state index contributed by atoms with van der Waals surface area (Å²) < 4.78 is 19.9. The van der Waals surface area contributed by atoms with Crippen molar-refractivity contribution in [3.63, 3.8) is 0 Å². The number of nitrogens with zero attached hydrogens (tertiary/aromatic N) is 1. The molecule has 2 N–H and O–H groups in total. The molecule has 1 heterocycles. The Bertz CT molecular complexity index is 960. The first-order valence-corrected chi connectivity index (χ1v) is 10.0. The normalized spacial score (nSPS) is 10.8. The number of amides is 1. The molecule has 0 aliphatic rings. The monoisotopic (exact) mass is 407 g/mol. The van der Waals surface area contributed by atoms with Gasteiger partial charge in [0.1, 0.15) is 0 Å². The zero-order valence-electron chi connectivity index (χ0n) is 17.2. The third kappa shape index (κ3) is 6.39. The molecule has 0 saturated heterocycles. The maximum atomic E-state index is 14.4. The van der Waals surface area contributed by atoms with Gasteiger partial charge in [0.15, 0.2) is 11.6 Å². The van der Waals surface area contributed by atoms with E-state index in [1.165, 1.54) is 12.3 Å². The molecule has 0 fully saturated rings. The lowest BCUT2D eigenvalue weighted by Gasteiger charge is -2.10. The molecule has 3 aromatic rings.